The number of para-hydroxylation sites is 1. The molecule has 0 heterocycles. The molecule has 2 rings (SSSR count). The Morgan fingerprint density at radius 2 is 1.89 bits per heavy atom. The highest BCUT2D eigenvalue weighted by Crippen LogP contribution is 2.33. The molecule has 0 saturated heterocycles. The van der Waals surface area contributed by atoms with E-state index >= 15 is 0 Å². The Labute approximate surface area is 107 Å². The topological polar surface area (TPSA) is 101 Å². The molecular weight excluding hydrogens is 248 g/mol. The van der Waals surface area contributed by atoms with Crippen molar-refractivity contribution < 1.29 is 9.66 Å². The molecular formula is C12H8N4O3. The zero-order valence-electron chi connectivity index (χ0n) is 9.63. The third kappa shape index (κ3) is 2.99. The summed E-state index contributed by atoms with van der Waals surface area (Å²) in [6.07, 6.45) is 0. The van der Waals surface area contributed by atoms with Gasteiger partial charge in [-0.05, 0) is 29.8 Å². The van der Waals surface area contributed by atoms with E-state index in [1.165, 1.54) is 18.2 Å². The van der Waals surface area contributed by atoms with E-state index in [0.717, 1.165) is 0 Å². The number of nitro groups is 1. The number of nitrogens with zero attached hydrogens (tertiary/aromatic N) is 4. The molecule has 0 atom stereocenters. The van der Waals surface area contributed by atoms with E-state index in [-0.39, 0.29) is 11.4 Å². The first kappa shape index (κ1) is 12.4. The molecule has 2 aromatic carbocycles. The van der Waals surface area contributed by atoms with E-state index in [9.17, 15) is 10.1 Å². The lowest BCUT2D eigenvalue weighted by atomic mass is 10.2. The summed E-state index contributed by atoms with van der Waals surface area (Å²) in [6.45, 7) is 0. The third-order valence-electron chi connectivity index (χ3n) is 2.27. The molecule has 0 radical (unpaired) electrons. The first-order valence-corrected chi connectivity index (χ1v) is 5.27. The average Bonchev–Trinajstić information content (AvgIpc) is 2.42. The zero-order valence-corrected chi connectivity index (χ0v) is 9.63. The van der Waals surface area contributed by atoms with Gasteiger partial charge >= 0.3 is 0 Å². The molecule has 2 aromatic rings. The highest BCUT2D eigenvalue weighted by Gasteiger charge is 2.14. The standard InChI is InChI=1S/C12H8N4O3/c13-15-14-11-7-6-10(8-12(11)16(17)18)19-9-4-2-1-3-5-9/h1-8H. The van der Waals surface area contributed by atoms with Gasteiger partial charge in [0.15, 0.2) is 0 Å². The molecule has 0 bridgehead atoms. The third-order valence-corrected chi connectivity index (χ3v) is 2.27. The van der Waals surface area contributed by atoms with Crippen LogP contribution in [0.25, 0.3) is 10.4 Å². The van der Waals surface area contributed by atoms with Crippen LogP contribution < -0.4 is 4.74 Å². The lowest BCUT2D eigenvalue weighted by Gasteiger charge is -2.05. The normalized spacial score (nSPS) is 9.47. The second-order valence-electron chi connectivity index (χ2n) is 3.51. The number of azide groups is 1. The minimum Gasteiger partial charge on any atom is -0.457 e. The molecule has 0 aliphatic carbocycles. The van der Waals surface area contributed by atoms with Gasteiger partial charge in [0.25, 0.3) is 5.69 Å². The van der Waals surface area contributed by atoms with E-state index < -0.39 is 4.92 Å². The Hall–Kier alpha value is -3.05. The molecule has 0 spiro atoms. The Morgan fingerprint density at radius 3 is 2.53 bits per heavy atom. The van der Waals surface area contributed by atoms with E-state index in [0.29, 0.717) is 11.5 Å². The van der Waals surface area contributed by atoms with Crippen LogP contribution in [0.3, 0.4) is 0 Å². The van der Waals surface area contributed by atoms with Crippen LogP contribution in [-0.2, 0) is 0 Å². The van der Waals surface area contributed by atoms with Gasteiger partial charge < -0.3 is 4.74 Å². The van der Waals surface area contributed by atoms with E-state index in [1.807, 2.05) is 6.07 Å². The van der Waals surface area contributed by atoms with Crippen molar-refractivity contribution in [1.82, 2.24) is 0 Å². The molecule has 0 N–H and O–H groups in total. The van der Waals surface area contributed by atoms with Crippen molar-refractivity contribution >= 4 is 11.4 Å². The van der Waals surface area contributed by atoms with Crippen LogP contribution in [0.4, 0.5) is 11.4 Å². The quantitative estimate of drug-likeness (QED) is 0.267. The van der Waals surface area contributed by atoms with Crippen LogP contribution >= 0.6 is 0 Å². The molecule has 7 nitrogen and oxygen atoms in total. The Bertz CT molecular complexity index is 651. The number of rotatable bonds is 4. The number of benzene rings is 2. The lowest BCUT2D eigenvalue weighted by molar-refractivity contribution is -0.384. The molecule has 0 aliphatic rings. The summed E-state index contributed by atoms with van der Waals surface area (Å²) in [5.74, 6) is 0.864. The Morgan fingerprint density at radius 1 is 1.16 bits per heavy atom. The van der Waals surface area contributed by atoms with Crippen molar-refractivity contribution in [1.29, 1.82) is 0 Å². The van der Waals surface area contributed by atoms with E-state index in [2.05, 4.69) is 10.0 Å². The highest BCUT2D eigenvalue weighted by atomic mass is 16.6. The Balaban J connectivity index is 2.36. The largest absolute Gasteiger partial charge is 0.457 e. The Kier molecular flexibility index (Phi) is 3.61. The van der Waals surface area contributed by atoms with Crippen molar-refractivity contribution in [3.05, 3.63) is 69.1 Å². The van der Waals surface area contributed by atoms with Crippen LogP contribution in [0, 0.1) is 10.1 Å². The summed E-state index contributed by atoms with van der Waals surface area (Å²) in [7, 11) is 0. The van der Waals surface area contributed by atoms with Gasteiger partial charge in [-0.2, -0.15) is 0 Å². The number of ether oxygens (including phenoxy) is 1. The van der Waals surface area contributed by atoms with Gasteiger partial charge in [0.1, 0.15) is 17.2 Å². The molecule has 0 aliphatic heterocycles. The monoisotopic (exact) mass is 256 g/mol. The van der Waals surface area contributed by atoms with Crippen LogP contribution in [0.1, 0.15) is 0 Å². The SMILES string of the molecule is [N-]=[N+]=Nc1ccc(Oc2ccccc2)cc1[N+](=O)[O-]. The maximum Gasteiger partial charge on any atom is 0.282 e. The van der Waals surface area contributed by atoms with Gasteiger partial charge in [-0.1, -0.05) is 23.3 Å². The predicted octanol–water partition coefficient (Wildman–Crippen LogP) is 4.33. The van der Waals surface area contributed by atoms with Gasteiger partial charge in [-0.25, -0.2) is 0 Å². The molecule has 0 unspecified atom stereocenters. The fourth-order valence-corrected chi connectivity index (χ4v) is 1.47. The molecule has 19 heavy (non-hydrogen) atoms. The van der Waals surface area contributed by atoms with Crippen LogP contribution in [0.2, 0.25) is 0 Å². The number of hydrogen-bond acceptors (Lipinski definition) is 4. The second-order valence-corrected chi connectivity index (χ2v) is 3.51. The molecule has 7 heteroatoms. The predicted molar refractivity (Wildman–Crippen MR) is 68.4 cm³/mol. The summed E-state index contributed by atoms with van der Waals surface area (Å²) >= 11 is 0. The average molecular weight is 256 g/mol. The molecule has 0 fully saturated rings. The van der Waals surface area contributed by atoms with Crippen LogP contribution in [-0.4, -0.2) is 4.92 Å². The van der Waals surface area contributed by atoms with Crippen molar-refractivity contribution in [3.8, 4) is 11.5 Å². The summed E-state index contributed by atoms with van der Waals surface area (Å²) in [5, 5.41) is 14.1. The van der Waals surface area contributed by atoms with Crippen molar-refractivity contribution in [2.75, 3.05) is 0 Å². The van der Waals surface area contributed by atoms with Gasteiger partial charge in [0, 0.05) is 4.91 Å². The molecule has 0 amide bonds. The van der Waals surface area contributed by atoms with Crippen LogP contribution in [0.5, 0.6) is 11.5 Å². The van der Waals surface area contributed by atoms with Crippen molar-refractivity contribution in [2.24, 2.45) is 5.11 Å². The summed E-state index contributed by atoms with van der Waals surface area (Å²) < 4.78 is 5.46. The van der Waals surface area contributed by atoms with E-state index in [4.69, 9.17) is 10.3 Å². The lowest BCUT2D eigenvalue weighted by Crippen LogP contribution is -1.90. The minimum atomic E-state index is -0.623. The summed E-state index contributed by atoms with van der Waals surface area (Å²) in [4.78, 5) is 12.8. The molecule has 0 aromatic heterocycles. The van der Waals surface area contributed by atoms with Crippen molar-refractivity contribution in [2.45, 2.75) is 0 Å². The van der Waals surface area contributed by atoms with Gasteiger partial charge in [-0.15, -0.1) is 0 Å². The van der Waals surface area contributed by atoms with Crippen molar-refractivity contribution in [3.63, 3.8) is 0 Å². The first-order valence-electron chi connectivity index (χ1n) is 5.27. The van der Waals surface area contributed by atoms with Gasteiger partial charge in [-0.3, -0.25) is 10.1 Å². The molecule has 0 saturated carbocycles. The number of hydrogen-bond donors (Lipinski definition) is 0. The van der Waals surface area contributed by atoms with Crippen LogP contribution in [0.15, 0.2) is 53.6 Å². The number of nitro benzene ring substituents is 1. The summed E-state index contributed by atoms with van der Waals surface area (Å²) in [5.41, 5.74) is 7.99. The fraction of sp³-hybridized carbons (Fsp3) is 0. The first-order chi connectivity index (χ1) is 9.20. The van der Waals surface area contributed by atoms with Gasteiger partial charge in [0.2, 0.25) is 0 Å². The van der Waals surface area contributed by atoms with Gasteiger partial charge in [0.05, 0.1) is 11.0 Å². The smallest absolute Gasteiger partial charge is 0.282 e. The fourth-order valence-electron chi connectivity index (χ4n) is 1.47. The maximum atomic E-state index is 10.9. The zero-order chi connectivity index (χ0) is 13.7. The summed E-state index contributed by atoms with van der Waals surface area (Å²) in [6, 6.07) is 12.9. The van der Waals surface area contributed by atoms with E-state index in [1.54, 1.807) is 24.3 Å². The molecule has 94 valence electrons. The highest BCUT2D eigenvalue weighted by molar-refractivity contribution is 5.60. The minimum absolute atomic E-state index is 0.0482. The second kappa shape index (κ2) is 5.52. The maximum absolute atomic E-state index is 10.9.